The summed E-state index contributed by atoms with van der Waals surface area (Å²) in [7, 11) is 0. The second-order valence-electron chi connectivity index (χ2n) is 6.23. The van der Waals surface area contributed by atoms with Crippen LogP contribution >= 0.6 is 24.8 Å². The van der Waals surface area contributed by atoms with Gasteiger partial charge in [0.15, 0.2) is 0 Å². The normalized spacial score (nSPS) is 8.68. The third-order valence-electron chi connectivity index (χ3n) is 4.07. The fourth-order valence-electron chi connectivity index (χ4n) is 2.81. The van der Waals surface area contributed by atoms with Crippen LogP contribution in [0.25, 0.3) is 21.5 Å². The molecule has 2 radical (unpaired) electrons. The van der Waals surface area contributed by atoms with E-state index in [1.165, 1.54) is 56.0 Å². The van der Waals surface area contributed by atoms with Crippen molar-refractivity contribution in [3.05, 3.63) is 98.8 Å². The summed E-state index contributed by atoms with van der Waals surface area (Å²) in [6.45, 7) is 9.65. The van der Waals surface area contributed by atoms with Gasteiger partial charge in [0, 0.05) is 0 Å². The van der Waals surface area contributed by atoms with Crippen LogP contribution in [-0.2, 0) is 23.3 Å². The molecule has 0 N–H and O–H groups in total. The molecule has 0 unspecified atom stereocenters. The fraction of sp³-hybridized carbons (Fsp3) is 0.167. The summed E-state index contributed by atoms with van der Waals surface area (Å²) in [5.41, 5.74) is 2.79. The van der Waals surface area contributed by atoms with Crippen molar-refractivity contribution in [1.82, 2.24) is 0 Å². The van der Waals surface area contributed by atoms with Crippen LogP contribution in [0.1, 0.15) is 30.9 Å². The van der Waals surface area contributed by atoms with Crippen LogP contribution in [-0.4, -0.2) is 6.88 Å². The standard InChI is InChI=1S/C12H13.C10H9.2CH3.2ClH.Si.Zr/c1-9(2)12-7-10-5-3-4-6-11(10)8-12;1-8-6-9-4-2-3-5-10(9)7-8;;;;;;/h3-9H,1-2H3;2-7H,1H3;2*1H3;2*1H;;/q4*-1;;;;. The van der Waals surface area contributed by atoms with Crippen molar-refractivity contribution in [2.45, 2.75) is 26.7 Å². The number of hydrogen-bond donors (Lipinski definition) is 0. The van der Waals surface area contributed by atoms with Crippen LogP contribution in [0.4, 0.5) is 0 Å². The van der Waals surface area contributed by atoms with Gasteiger partial charge in [-0.3, -0.25) is 0 Å². The molecular formula is C24H30Cl2SiZr-4. The molecule has 0 heterocycles. The van der Waals surface area contributed by atoms with Crippen molar-refractivity contribution in [2.24, 2.45) is 0 Å². The Balaban J connectivity index is -0.000000366. The summed E-state index contributed by atoms with van der Waals surface area (Å²) >= 11 is 1.36. The molecule has 0 aromatic heterocycles. The molecular weight excluding hydrogens is 478 g/mol. The second-order valence-corrected chi connectivity index (χ2v) is 6.23. The van der Waals surface area contributed by atoms with Crippen LogP contribution in [0.3, 0.4) is 0 Å². The molecule has 152 valence electrons. The van der Waals surface area contributed by atoms with Crippen LogP contribution in [0, 0.1) is 21.8 Å². The van der Waals surface area contributed by atoms with Gasteiger partial charge < -0.3 is 14.9 Å². The first kappa shape index (κ1) is 32.0. The van der Waals surface area contributed by atoms with Crippen LogP contribution < -0.4 is 0 Å². The Kier molecular flexibility index (Phi) is 18.5. The summed E-state index contributed by atoms with van der Waals surface area (Å²) in [6.07, 6.45) is 0. The molecule has 4 aromatic carbocycles. The summed E-state index contributed by atoms with van der Waals surface area (Å²) in [4.78, 5) is 0. The molecule has 4 heteroatoms. The SMILES string of the molecule is CC(C)c1cc2ccccc2[cH-]1.Cc1cc2ccccc2[cH-]1.Cl.Cl.[CH3-].[CH3-].[Si]=[Zr]. The van der Waals surface area contributed by atoms with Gasteiger partial charge in [-0.15, -0.1) is 106 Å². The second kappa shape index (κ2) is 16.2. The maximum absolute atomic E-state index is 3.06. The van der Waals surface area contributed by atoms with Crippen LogP contribution in [0.5, 0.6) is 0 Å². The van der Waals surface area contributed by atoms with Gasteiger partial charge in [0.1, 0.15) is 0 Å². The molecule has 4 aromatic rings. The molecule has 0 bridgehead atoms. The number of aryl methyl sites for hydroxylation is 1. The third kappa shape index (κ3) is 8.78. The average molecular weight is 509 g/mol. The zero-order valence-corrected chi connectivity index (χ0v) is 22.4. The van der Waals surface area contributed by atoms with Gasteiger partial charge in [0.2, 0.25) is 0 Å². The fourth-order valence-corrected chi connectivity index (χ4v) is 2.81. The van der Waals surface area contributed by atoms with Gasteiger partial charge in [0.25, 0.3) is 0 Å². The molecule has 0 aliphatic carbocycles. The monoisotopic (exact) mass is 506 g/mol. The van der Waals surface area contributed by atoms with E-state index in [2.05, 4.69) is 100 Å². The van der Waals surface area contributed by atoms with E-state index in [0.717, 1.165) is 0 Å². The first-order valence-corrected chi connectivity index (χ1v) is 12.3. The number of benzene rings is 2. The predicted molar refractivity (Wildman–Crippen MR) is 131 cm³/mol. The third-order valence-corrected chi connectivity index (χ3v) is 4.07. The molecule has 28 heavy (non-hydrogen) atoms. The Bertz CT molecular complexity index is 843. The topological polar surface area (TPSA) is 0 Å². The Morgan fingerprint density at radius 2 is 1.18 bits per heavy atom. The van der Waals surface area contributed by atoms with Crippen molar-refractivity contribution in [2.75, 3.05) is 0 Å². The molecule has 0 saturated carbocycles. The van der Waals surface area contributed by atoms with Gasteiger partial charge >= 0.3 is 30.2 Å². The van der Waals surface area contributed by atoms with Crippen molar-refractivity contribution in [3.8, 4) is 0 Å². The van der Waals surface area contributed by atoms with Crippen LogP contribution in [0.2, 0.25) is 0 Å². The van der Waals surface area contributed by atoms with E-state index in [-0.39, 0.29) is 39.7 Å². The maximum atomic E-state index is 3.06. The number of fused-ring (bicyclic) bond motifs is 2. The van der Waals surface area contributed by atoms with E-state index < -0.39 is 0 Å². The van der Waals surface area contributed by atoms with E-state index in [0.29, 0.717) is 5.92 Å². The molecule has 0 atom stereocenters. The Labute approximate surface area is 200 Å². The van der Waals surface area contributed by atoms with E-state index >= 15 is 0 Å². The summed E-state index contributed by atoms with van der Waals surface area (Å²) in [6, 6.07) is 25.9. The molecule has 4 rings (SSSR count). The summed E-state index contributed by atoms with van der Waals surface area (Å²) < 4.78 is 0. The molecule has 0 fully saturated rings. The molecule has 0 amide bonds. The van der Waals surface area contributed by atoms with Gasteiger partial charge in [-0.1, -0.05) is 32.9 Å². The van der Waals surface area contributed by atoms with Crippen molar-refractivity contribution in [3.63, 3.8) is 0 Å². The van der Waals surface area contributed by atoms with E-state index in [4.69, 9.17) is 0 Å². The first-order valence-electron chi connectivity index (χ1n) is 8.16. The molecule has 0 saturated heterocycles. The van der Waals surface area contributed by atoms with Crippen molar-refractivity contribution < 1.29 is 23.3 Å². The van der Waals surface area contributed by atoms with E-state index in [1.54, 1.807) is 0 Å². The van der Waals surface area contributed by atoms with Gasteiger partial charge in [-0.25, -0.2) is 0 Å². The van der Waals surface area contributed by atoms with E-state index in [1.807, 2.05) is 0 Å². The zero-order chi connectivity index (χ0) is 17.5. The zero-order valence-electron chi connectivity index (χ0n) is 17.3. The minimum absolute atomic E-state index is 0. The van der Waals surface area contributed by atoms with Gasteiger partial charge in [0.05, 0.1) is 0 Å². The molecule has 0 aliphatic heterocycles. The van der Waals surface area contributed by atoms with Gasteiger partial charge in [-0.05, 0) is 5.92 Å². The average Bonchev–Trinajstić information content (AvgIpc) is 3.19. The number of halogens is 2. The Hall–Kier alpha value is -0.660. The van der Waals surface area contributed by atoms with Gasteiger partial charge in [-0.2, -0.15) is 12.1 Å². The molecule has 0 aliphatic rings. The Morgan fingerprint density at radius 1 is 0.750 bits per heavy atom. The summed E-state index contributed by atoms with van der Waals surface area (Å²) in [5.74, 6) is 0.636. The number of rotatable bonds is 1. The first-order chi connectivity index (χ1) is 11.6. The van der Waals surface area contributed by atoms with Crippen molar-refractivity contribution in [1.29, 1.82) is 0 Å². The molecule has 0 nitrogen and oxygen atoms in total. The Morgan fingerprint density at radius 3 is 1.61 bits per heavy atom. The minimum atomic E-state index is 0. The quantitative estimate of drug-likeness (QED) is 0.181. The number of hydrogen-bond acceptors (Lipinski definition) is 0. The predicted octanol–water partition coefficient (Wildman–Crippen LogP) is 7.91. The summed E-state index contributed by atoms with van der Waals surface area (Å²) in [5, 5.41) is 5.42. The van der Waals surface area contributed by atoms with Crippen molar-refractivity contribution >= 4 is 53.2 Å². The van der Waals surface area contributed by atoms with Crippen LogP contribution in [0.15, 0.2) is 72.8 Å². The molecule has 0 spiro atoms. The van der Waals surface area contributed by atoms with E-state index in [9.17, 15) is 0 Å².